The summed E-state index contributed by atoms with van der Waals surface area (Å²) in [4.78, 5) is 25.7. The molecule has 0 N–H and O–H groups in total. The number of benzene rings is 1. The molecular formula is C16H12FN3O2. The summed E-state index contributed by atoms with van der Waals surface area (Å²) >= 11 is 0. The van der Waals surface area contributed by atoms with E-state index >= 15 is 4.39 Å². The lowest BCUT2D eigenvalue weighted by Gasteiger charge is -2.39. The molecule has 8 atom stereocenters. The van der Waals surface area contributed by atoms with Crippen LogP contribution in [0.25, 0.3) is 5.69 Å². The smallest absolute Gasteiger partial charge is 0.245 e. The molecule has 4 fully saturated rings. The second-order valence-electron chi connectivity index (χ2n) is 7.47. The number of hydrogen-bond acceptors (Lipinski definition) is 2. The van der Waals surface area contributed by atoms with Crippen LogP contribution >= 0.6 is 0 Å². The summed E-state index contributed by atoms with van der Waals surface area (Å²) in [6.45, 7) is 0. The molecule has 8 rings (SSSR count). The van der Waals surface area contributed by atoms with Crippen LogP contribution in [0.1, 0.15) is 12.1 Å². The quantitative estimate of drug-likeness (QED) is 0.779. The average molecular weight is 297 g/mol. The van der Waals surface area contributed by atoms with Crippen molar-refractivity contribution >= 4 is 0 Å². The molecule has 0 amide bonds. The molecule has 4 aliphatic carbocycles. The van der Waals surface area contributed by atoms with Crippen LogP contribution in [-0.4, -0.2) is 19.6 Å². The molecule has 5 nitrogen and oxygen atoms in total. The first-order chi connectivity index (χ1) is 10.7. The third-order valence-corrected chi connectivity index (χ3v) is 7.05. The number of halogens is 1. The Morgan fingerprint density at radius 1 is 0.909 bits per heavy atom. The van der Waals surface area contributed by atoms with Gasteiger partial charge in [0.2, 0.25) is 0 Å². The number of para-hydroxylation sites is 1. The lowest BCUT2D eigenvalue weighted by molar-refractivity contribution is 0.0263. The number of nitrogens with zero attached hydrogens (tertiary/aromatic N) is 3. The van der Waals surface area contributed by atoms with Gasteiger partial charge in [-0.2, -0.15) is 0 Å². The van der Waals surface area contributed by atoms with Crippen LogP contribution in [-0.2, 0) is 0 Å². The summed E-state index contributed by atoms with van der Waals surface area (Å²) in [5, 5.41) is 0. The van der Waals surface area contributed by atoms with Crippen molar-refractivity contribution in [1.82, 2.24) is 13.9 Å². The highest BCUT2D eigenvalue weighted by Gasteiger charge is 2.98. The van der Waals surface area contributed by atoms with Crippen molar-refractivity contribution in [2.24, 2.45) is 29.6 Å². The first-order valence-corrected chi connectivity index (χ1v) is 7.88. The Balaban J connectivity index is 1.59. The molecule has 2 aliphatic heterocycles. The molecule has 0 unspecified atom stereocenters. The third-order valence-electron chi connectivity index (χ3n) is 7.05. The van der Waals surface area contributed by atoms with Crippen molar-refractivity contribution < 1.29 is 4.39 Å². The van der Waals surface area contributed by atoms with Gasteiger partial charge < -0.3 is 0 Å². The SMILES string of the molecule is O=c1n(-c2ccccc2)c(=O)n2n1[C@@H]1[C@H]3[C@H]4[C@H]3[C@H]2[C@@]2(F)[C@H]4[C@@H]12. The van der Waals surface area contributed by atoms with Gasteiger partial charge in [0.1, 0.15) is 5.67 Å². The number of hydrogen-bond donors (Lipinski definition) is 0. The highest BCUT2D eigenvalue weighted by Crippen LogP contribution is 2.94. The van der Waals surface area contributed by atoms with Gasteiger partial charge in [-0.1, -0.05) is 18.2 Å². The molecule has 110 valence electrons. The summed E-state index contributed by atoms with van der Waals surface area (Å²) < 4.78 is 19.5. The van der Waals surface area contributed by atoms with Crippen LogP contribution in [0.4, 0.5) is 4.39 Å². The van der Waals surface area contributed by atoms with E-state index in [0.29, 0.717) is 23.4 Å². The van der Waals surface area contributed by atoms with Crippen molar-refractivity contribution in [2.75, 3.05) is 0 Å². The molecule has 1 aromatic carbocycles. The average Bonchev–Trinajstić information content (AvgIpc) is 3.26. The van der Waals surface area contributed by atoms with Gasteiger partial charge >= 0.3 is 11.4 Å². The zero-order valence-electron chi connectivity index (χ0n) is 11.5. The molecule has 22 heavy (non-hydrogen) atoms. The summed E-state index contributed by atoms with van der Waals surface area (Å²) in [5.41, 5.74) is -1.31. The normalized spacial score (nSPS) is 50.1. The maximum absolute atomic E-state index is 15.2. The van der Waals surface area contributed by atoms with Crippen LogP contribution in [0.2, 0.25) is 0 Å². The Morgan fingerprint density at radius 2 is 1.64 bits per heavy atom. The minimum atomic E-state index is -1.20. The zero-order chi connectivity index (χ0) is 14.5. The first-order valence-electron chi connectivity index (χ1n) is 7.88. The largest absolute Gasteiger partial charge is 0.352 e. The molecule has 6 heteroatoms. The number of rotatable bonds is 1. The minimum absolute atomic E-state index is 0.0128. The van der Waals surface area contributed by atoms with E-state index in [-0.39, 0.29) is 29.3 Å². The number of aromatic nitrogens is 3. The number of alkyl halides is 1. The summed E-state index contributed by atoms with van der Waals surface area (Å²) in [6.07, 6.45) is 0. The van der Waals surface area contributed by atoms with E-state index in [1.807, 2.05) is 6.07 Å². The minimum Gasteiger partial charge on any atom is -0.245 e. The zero-order valence-corrected chi connectivity index (χ0v) is 11.5. The van der Waals surface area contributed by atoms with E-state index in [0.717, 1.165) is 0 Å². The lowest BCUT2D eigenvalue weighted by atomic mass is 9.87. The molecule has 0 spiro atoms. The Morgan fingerprint density at radius 3 is 2.32 bits per heavy atom. The molecule has 6 aliphatic rings. The predicted octanol–water partition coefficient (Wildman–Crippen LogP) is 0.740. The van der Waals surface area contributed by atoms with Crippen LogP contribution in [0, 0.1) is 29.6 Å². The maximum atomic E-state index is 15.2. The van der Waals surface area contributed by atoms with Crippen LogP contribution < -0.4 is 11.4 Å². The second kappa shape index (κ2) is 2.64. The van der Waals surface area contributed by atoms with E-state index in [1.165, 1.54) is 9.25 Å². The van der Waals surface area contributed by atoms with Crippen LogP contribution in [0.3, 0.4) is 0 Å². The third kappa shape index (κ3) is 0.725. The van der Waals surface area contributed by atoms with Gasteiger partial charge in [-0.25, -0.2) is 27.9 Å². The molecule has 4 saturated carbocycles. The van der Waals surface area contributed by atoms with Crippen molar-refractivity contribution in [2.45, 2.75) is 17.8 Å². The van der Waals surface area contributed by atoms with Crippen LogP contribution in [0.15, 0.2) is 39.9 Å². The van der Waals surface area contributed by atoms with E-state index < -0.39 is 11.7 Å². The van der Waals surface area contributed by atoms with Gasteiger partial charge in [0, 0.05) is 11.8 Å². The molecule has 2 aromatic rings. The first kappa shape index (κ1) is 10.6. The van der Waals surface area contributed by atoms with Crippen molar-refractivity contribution in [3.8, 4) is 5.69 Å². The molecule has 0 radical (unpaired) electrons. The Bertz CT molecular complexity index is 1000. The van der Waals surface area contributed by atoms with E-state index in [4.69, 9.17) is 0 Å². The fourth-order valence-electron chi connectivity index (χ4n) is 6.57. The maximum Gasteiger partial charge on any atom is 0.352 e. The molecule has 1 aromatic heterocycles. The van der Waals surface area contributed by atoms with E-state index in [2.05, 4.69) is 0 Å². The van der Waals surface area contributed by atoms with Crippen molar-refractivity contribution in [3.05, 3.63) is 51.3 Å². The Labute approximate surface area is 123 Å². The van der Waals surface area contributed by atoms with Gasteiger partial charge in [0.25, 0.3) is 0 Å². The van der Waals surface area contributed by atoms with Gasteiger partial charge in [-0.05, 0) is 29.9 Å². The lowest BCUT2D eigenvalue weighted by Crippen LogP contribution is -2.49. The topological polar surface area (TPSA) is 48.9 Å². The van der Waals surface area contributed by atoms with Crippen molar-refractivity contribution in [3.63, 3.8) is 0 Å². The fraction of sp³-hybridized carbons (Fsp3) is 0.500. The van der Waals surface area contributed by atoms with E-state index in [1.54, 1.807) is 28.9 Å². The monoisotopic (exact) mass is 297 g/mol. The summed E-state index contributed by atoms with van der Waals surface area (Å²) in [5.74, 6) is 1.28. The molecular weight excluding hydrogens is 285 g/mol. The summed E-state index contributed by atoms with van der Waals surface area (Å²) in [7, 11) is 0. The Hall–Kier alpha value is -2.11. The second-order valence-corrected chi connectivity index (χ2v) is 7.47. The van der Waals surface area contributed by atoms with Gasteiger partial charge in [-0.15, -0.1) is 0 Å². The fourth-order valence-corrected chi connectivity index (χ4v) is 6.57. The highest BCUT2D eigenvalue weighted by atomic mass is 19.1. The van der Waals surface area contributed by atoms with Gasteiger partial charge in [0.15, 0.2) is 0 Å². The summed E-state index contributed by atoms with van der Waals surface area (Å²) in [6, 6.07) is 8.45. The molecule has 2 bridgehead atoms. The van der Waals surface area contributed by atoms with Gasteiger partial charge in [0.05, 0.1) is 17.8 Å². The highest BCUT2D eigenvalue weighted by molar-refractivity contribution is 5.45. The molecule has 0 saturated heterocycles. The molecule has 3 heterocycles. The van der Waals surface area contributed by atoms with E-state index in [9.17, 15) is 9.59 Å². The van der Waals surface area contributed by atoms with Crippen molar-refractivity contribution in [1.29, 1.82) is 0 Å². The predicted molar refractivity (Wildman–Crippen MR) is 73.7 cm³/mol. The van der Waals surface area contributed by atoms with Gasteiger partial charge in [-0.3, -0.25) is 0 Å². The Kier molecular flexibility index (Phi) is 1.27. The van der Waals surface area contributed by atoms with Crippen LogP contribution in [0.5, 0.6) is 0 Å². The standard InChI is InChI=1S/C16H12FN3O2/c17-16-10-7-8-9(7)13(16)20-15(22)18(6-4-2-1-3-5-6)14(21)19(20)12(8)11(10)16/h1-5,7-13H/t7-,8-,9+,10+,11-,12+,13-,16+/m0/s1.